The van der Waals surface area contributed by atoms with E-state index >= 15 is 0 Å². The Labute approximate surface area is 143 Å². The average Bonchev–Trinajstić information content (AvgIpc) is 3.36. The van der Waals surface area contributed by atoms with Gasteiger partial charge in [0.25, 0.3) is 0 Å². The standard InChI is InChI=1S/C16H16N6O3/c1-10-12(20-25-19-10)9-14(23)22-8-2-3-13(22)16-18-15(21-24-16)11-4-6-17-7-5-11/h4-7,13H,2-3,8-9H2,1H3/t13-/m0/s1. The van der Waals surface area contributed by atoms with Crippen molar-refractivity contribution < 1.29 is 13.9 Å². The number of pyridine rings is 1. The summed E-state index contributed by atoms with van der Waals surface area (Å²) in [5.74, 6) is 0.894. The van der Waals surface area contributed by atoms with Crippen LogP contribution in [0.1, 0.15) is 36.2 Å². The highest BCUT2D eigenvalue weighted by molar-refractivity contribution is 5.79. The summed E-state index contributed by atoms with van der Waals surface area (Å²) in [6.45, 7) is 2.42. The molecule has 4 rings (SSSR count). The molecule has 0 spiro atoms. The van der Waals surface area contributed by atoms with Gasteiger partial charge in [0.05, 0.1) is 6.42 Å². The summed E-state index contributed by atoms with van der Waals surface area (Å²) >= 11 is 0. The molecule has 9 nitrogen and oxygen atoms in total. The Morgan fingerprint density at radius 1 is 1.28 bits per heavy atom. The smallest absolute Gasteiger partial charge is 0.249 e. The Morgan fingerprint density at radius 2 is 2.12 bits per heavy atom. The molecule has 3 aromatic heterocycles. The summed E-state index contributed by atoms with van der Waals surface area (Å²) < 4.78 is 10.1. The van der Waals surface area contributed by atoms with E-state index in [-0.39, 0.29) is 18.4 Å². The van der Waals surface area contributed by atoms with E-state index in [1.807, 2.05) is 12.1 Å². The molecule has 0 saturated carbocycles. The van der Waals surface area contributed by atoms with Crippen molar-refractivity contribution in [3.8, 4) is 11.4 Å². The van der Waals surface area contributed by atoms with Crippen LogP contribution in [-0.4, -0.2) is 42.8 Å². The number of hydrogen-bond donors (Lipinski definition) is 0. The molecule has 0 radical (unpaired) electrons. The van der Waals surface area contributed by atoms with E-state index in [0.29, 0.717) is 29.6 Å². The monoisotopic (exact) mass is 340 g/mol. The molecule has 0 bridgehead atoms. The zero-order chi connectivity index (χ0) is 17.2. The molecular formula is C16H16N6O3. The van der Waals surface area contributed by atoms with E-state index in [9.17, 15) is 4.79 Å². The topological polar surface area (TPSA) is 111 Å². The summed E-state index contributed by atoms with van der Waals surface area (Å²) in [4.78, 5) is 22.8. The number of aromatic nitrogens is 5. The molecular weight excluding hydrogens is 324 g/mol. The van der Waals surface area contributed by atoms with Crippen LogP contribution in [0, 0.1) is 6.92 Å². The van der Waals surface area contributed by atoms with Gasteiger partial charge in [-0.2, -0.15) is 4.98 Å². The quantitative estimate of drug-likeness (QED) is 0.706. The van der Waals surface area contributed by atoms with Crippen LogP contribution >= 0.6 is 0 Å². The minimum absolute atomic E-state index is 0.0510. The van der Waals surface area contributed by atoms with Crippen molar-refractivity contribution in [2.45, 2.75) is 32.2 Å². The third-order valence-corrected chi connectivity index (χ3v) is 4.30. The maximum atomic E-state index is 12.6. The van der Waals surface area contributed by atoms with Gasteiger partial charge in [-0.1, -0.05) is 15.5 Å². The highest BCUT2D eigenvalue weighted by Crippen LogP contribution is 2.32. The van der Waals surface area contributed by atoms with Gasteiger partial charge in [-0.25, -0.2) is 4.63 Å². The fourth-order valence-electron chi connectivity index (χ4n) is 2.97. The lowest BCUT2D eigenvalue weighted by Crippen LogP contribution is -2.32. The van der Waals surface area contributed by atoms with Gasteiger partial charge in [0, 0.05) is 24.5 Å². The molecule has 1 atom stereocenters. The molecule has 25 heavy (non-hydrogen) atoms. The second-order valence-corrected chi connectivity index (χ2v) is 5.91. The van der Waals surface area contributed by atoms with Crippen LogP contribution in [0.5, 0.6) is 0 Å². The molecule has 0 N–H and O–H groups in total. The number of likely N-dealkylation sites (tertiary alicyclic amines) is 1. The SMILES string of the molecule is Cc1nonc1CC(=O)N1CCC[C@H]1c1nc(-c2ccncc2)no1. The molecule has 1 aliphatic rings. The fraction of sp³-hybridized carbons (Fsp3) is 0.375. The molecule has 0 unspecified atom stereocenters. The van der Waals surface area contributed by atoms with Crippen LogP contribution in [0.3, 0.4) is 0 Å². The third kappa shape index (κ3) is 3.00. The van der Waals surface area contributed by atoms with Crippen molar-refractivity contribution in [3.05, 3.63) is 41.8 Å². The van der Waals surface area contributed by atoms with Crippen molar-refractivity contribution in [2.75, 3.05) is 6.54 Å². The van der Waals surface area contributed by atoms with Gasteiger partial charge < -0.3 is 9.42 Å². The first-order chi connectivity index (χ1) is 12.2. The second kappa shape index (κ2) is 6.42. The molecule has 1 aliphatic heterocycles. The van der Waals surface area contributed by atoms with Crippen LogP contribution in [0.15, 0.2) is 33.7 Å². The van der Waals surface area contributed by atoms with Crippen LogP contribution in [0.4, 0.5) is 0 Å². The molecule has 4 heterocycles. The lowest BCUT2D eigenvalue weighted by atomic mass is 10.2. The van der Waals surface area contributed by atoms with Gasteiger partial charge >= 0.3 is 0 Å². The van der Waals surface area contributed by atoms with Gasteiger partial charge in [0.1, 0.15) is 17.4 Å². The predicted molar refractivity (Wildman–Crippen MR) is 84.0 cm³/mol. The van der Waals surface area contributed by atoms with Gasteiger partial charge in [-0.15, -0.1) is 0 Å². The average molecular weight is 340 g/mol. The van der Waals surface area contributed by atoms with E-state index in [1.165, 1.54) is 0 Å². The number of aryl methyl sites for hydroxylation is 1. The molecule has 1 amide bonds. The Balaban J connectivity index is 1.53. The van der Waals surface area contributed by atoms with Crippen LogP contribution < -0.4 is 0 Å². The number of carbonyl (C=O) groups is 1. The lowest BCUT2D eigenvalue weighted by Gasteiger charge is -2.21. The molecule has 128 valence electrons. The van der Waals surface area contributed by atoms with Gasteiger partial charge in [0.2, 0.25) is 17.6 Å². The second-order valence-electron chi connectivity index (χ2n) is 5.91. The van der Waals surface area contributed by atoms with E-state index in [1.54, 1.807) is 24.2 Å². The molecule has 1 fully saturated rings. The predicted octanol–water partition coefficient (Wildman–Crippen LogP) is 1.73. The van der Waals surface area contributed by atoms with Crippen molar-refractivity contribution in [3.63, 3.8) is 0 Å². The maximum absolute atomic E-state index is 12.6. The zero-order valence-electron chi connectivity index (χ0n) is 13.6. The largest absolute Gasteiger partial charge is 0.337 e. The summed E-state index contributed by atoms with van der Waals surface area (Å²) in [6.07, 6.45) is 5.17. The van der Waals surface area contributed by atoms with E-state index in [4.69, 9.17) is 4.52 Å². The highest BCUT2D eigenvalue weighted by Gasteiger charge is 2.34. The number of carbonyl (C=O) groups excluding carboxylic acids is 1. The Kier molecular flexibility index (Phi) is 3.96. The minimum atomic E-state index is -0.212. The number of rotatable bonds is 4. The highest BCUT2D eigenvalue weighted by atomic mass is 16.6. The van der Waals surface area contributed by atoms with Crippen molar-refractivity contribution in [1.29, 1.82) is 0 Å². The Bertz CT molecular complexity index is 875. The number of hydrogen-bond acceptors (Lipinski definition) is 8. The molecule has 3 aromatic rings. The van der Waals surface area contributed by atoms with Crippen LogP contribution in [-0.2, 0) is 11.2 Å². The fourth-order valence-corrected chi connectivity index (χ4v) is 2.97. The van der Waals surface area contributed by atoms with E-state index in [0.717, 1.165) is 18.4 Å². The first kappa shape index (κ1) is 15.4. The Hall–Kier alpha value is -3.10. The zero-order valence-corrected chi connectivity index (χ0v) is 13.6. The number of nitrogens with zero attached hydrogens (tertiary/aromatic N) is 6. The maximum Gasteiger partial charge on any atom is 0.249 e. The van der Waals surface area contributed by atoms with E-state index in [2.05, 4.69) is 30.1 Å². The summed E-state index contributed by atoms with van der Waals surface area (Å²) in [6, 6.07) is 3.41. The minimum Gasteiger partial charge on any atom is -0.337 e. The Morgan fingerprint density at radius 3 is 2.88 bits per heavy atom. The van der Waals surface area contributed by atoms with Crippen molar-refractivity contribution in [2.24, 2.45) is 0 Å². The molecule has 0 aromatic carbocycles. The van der Waals surface area contributed by atoms with Gasteiger partial charge in [0.15, 0.2) is 0 Å². The lowest BCUT2D eigenvalue weighted by molar-refractivity contribution is -0.131. The summed E-state index contributed by atoms with van der Waals surface area (Å²) in [5, 5.41) is 11.5. The van der Waals surface area contributed by atoms with Crippen molar-refractivity contribution in [1.82, 2.24) is 30.3 Å². The van der Waals surface area contributed by atoms with Gasteiger partial charge in [-0.3, -0.25) is 9.78 Å². The molecule has 9 heteroatoms. The normalized spacial score (nSPS) is 17.2. The number of amides is 1. The third-order valence-electron chi connectivity index (χ3n) is 4.30. The van der Waals surface area contributed by atoms with Crippen LogP contribution in [0.25, 0.3) is 11.4 Å². The van der Waals surface area contributed by atoms with Gasteiger partial charge in [-0.05, 0) is 31.9 Å². The first-order valence-corrected chi connectivity index (χ1v) is 8.04. The van der Waals surface area contributed by atoms with Crippen LogP contribution in [0.2, 0.25) is 0 Å². The molecule has 0 aliphatic carbocycles. The van der Waals surface area contributed by atoms with E-state index < -0.39 is 0 Å². The summed E-state index contributed by atoms with van der Waals surface area (Å²) in [5.41, 5.74) is 2.01. The summed E-state index contributed by atoms with van der Waals surface area (Å²) in [7, 11) is 0. The molecule has 1 saturated heterocycles. The van der Waals surface area contributed by atoms with Crippen molar-refractivity contribution >= 4 is 5.91 Å². The first-order valence-electron chi connectivity index (χ1n) is 8.04.